The molecule has 0 unspecified atom stereocenters. The summed E-state index contributed by atoms with van der Waals surface area (Å²) in [6.07, 6.45) is 0. The van der Waals surface area contributed by atoms with Crippen molar-refractivity contribution in [3.05, 3.63) is 22.7 Å². The number of nitrogen functional groups attached to an aromatic ring is 1. The average Bonchev–Trinajstić information content (AvgIpc) is 1.97. The molecule has 7 heteroatoms. The molecule has 1 aromatic rings. The van der Waals surface area contributed by atoms with Crippen LogP contribution in [-0.2, 0) is 10.1 Å². The summed E-state index contributed by atoms with van der Waals surface area (Å²) in [5.41, 5.74) is 5.95. The van der Waals surface area contributed by atoms with Gasteiger partial charge in [0.15, 0.2) is 0 Å². The molecule has 4 nitrogen and oxygen atoms in total. The molecule has 0 saturated carbocycles. The predicted molar refractivity (Wildman–Crippen MR) is 48.6 cm³/mol. The van der Waals surface area contributed by atoms with E-state index < -0.39 is 10.1 Å². The Morgan fingerprint density at radius 1 is 1.43 bits per heavy atom. The average molecular weight is 260 g/mol. The number of hydrogen-bond acceptors (Lipinski definition) is 4. The monoisotopic (exact) mass is 259 g/mol. The first-order valence-electron chi connectivity index (χ1n) is 3.34. The van der Waals surface area contributed by atoms with Gasteiger partial charge in [-0.25, -0.2) is 8.42 Å². The zero-order valence-electron chi connectivity index (χ0n) is 7.74. The first-order chi connectivity index (χ1) is 5.82. The number of aryl methyl sites for hydroxylation is 1. The van der Waals surface area contributed by atoms with Crippen molar-refractivity contribution in [1.82, 2.24) is 0 Å². The van der Waals surface area contributed by atoms with E-state index >= 15 is 0 Å². The van der Waals surface area contributed by atoms with E-state index in [1.807, 2.05) is 0 Å². The van der Waals surface area contributed by atoms with E-state index in [1.165, 1.54) is 6.07 Å². The molecule has 1 rings (SSSR count). The second kappa shape index (κ2) is 5.27. The van der Waals surface area contributed by atoms with Gasteiger partial charge >= 0.3 is 51.4 Å². The normalized spacial score (nSPS) is 10.8. The van der Waals surface area contributed by atoms with Gasteiger partial charge < -0.3 is 10.3 Å². The molecule has 0 aliphatic carbocycles. The summed E-state index contributed by atoms with van der Waals surface area (Å²) in [5.74, 6) is 0. The van der Waals surface area contributed by atoms with Crippen LogP contribution in [0.3, 0.4) is 0 Å². The van der Waals surface area contributed by atoms with Crippen LogP contribution in [0.15, 0.2) is 17.0 Å². The molecule has 0 spiro atoms. The third-order valence-electron chi connectivity index (χ3n) is 1.54. The Morgan fingerprint density at radius 3 is 2.29 bits per heavy atom. The maximum atomic E-state index is 10.6. The van der Waals surface area contributed by atoms with Crippen molar-refractivity contribution in [2.45, 2.75) is 11.8 Å². The van der Waals surface area contributed by atoms with Gasteiger partial charge in [-0.2, -0.15) is 0 Å². The molecule has 0 amide bonds. The van der Waals surface area contributed by atoms with Crippen LogP contribution >= 0.6 is 11.6 Å². The van der Waals surface area contributed by atoms with Gasteiger partial charge in [-0.3, -0.25) is 0 Å². The number of hydrogen-bond donors (Lipinski definition) is 1. The van der Waals surface area contributed by atoms with Crippen LogP contribution in [0.2, 0.25) is 5.02 Å². The first-order valence-corrected chi connectivity index (χ1v) is 5.12. The molecule has 0 bridgehead atoms. The van der Waals surface area contributed by atoms with E-state index in [0.717, 1.165) is 6.07 Å². The number of nitrogens with two attached hydrogens (primary N) is 1. The largest absolute Gasteiger partial charge is 1.00 e. The SMILES string of the molecule is Cc1cc(S(=O)(=O)[O-])cc(N)c1Cl.[K+]. The summed E-state index contributed by atoms with van der Waals surface area (Å²) in [4.78, 5) is -0.355. The predicted octanol–water partition coefficient (Wildman–Crippen LogP) is -1.86. The minimum absolute atomic E-state index is 0. The zero-order valence-corrected chi connectivity index (χ0v) is 12.4. The second-order valence-corrected chi connectivity index (χ2v) is 4.36. The van der Waals surface area contributed by atoms with E-state index in [2.05, 4.69) is 0 Å². The summed E-state index contributed by atoms with van der Waals surface area (Å²) in [5, 5.41) is 0.271. The molecule has 0 radical (unpaired) electrons. The van der Waals surface area contributed by atoms with E-state index in [1.54, 1.807) is 6.92 Å². The summed E-state index contributed by atoms with van der Waals surface area (Å²) >= 11 is 5.68. The van der Waals surface area contributed by atoms with Gasteiger partial charge in [-0.05, 0) is 24.6 Å². The Morgan fingerprint density at radius 2 is 1.93 bits per heavy atom. The molecule has 0 atom stereocenters. The number of rotatable bonds is 1. The standard InChI is InChI=1S/C7H8ClNO3S.K/c1-4-2-5(13(10,11)12)3-6(9)7(4)8;/h2-3H,9H2,1H3,(H,10,11,12);/q;+1/p-1. The first kappa shape index (κ1) is 14.9. The van der Waals surface area contributed by atoms with E-state index in [4.69, 9.17) is 17.3 Å². The molecule has 14 heavy (non-hydrogen) atoms. The number of anilines is 1. The van der Waals surface area contributed by atoms with E-state index in [0.29, 0.717) is 5.56 Å². The van der Waals surface area contributed by atoms with E-state index in [-0.39, 0.29) is 67.0 Å². The van der Waals surface area contributed by atoms with Crippen LogP contribution in [0.4, 0.5) is 5.69 Å². The Balaban J connectivity index is 0.00000169. The zero-order chi connectivity index (χ0) is 10.2. The third-order valence-corrected chi connectivity index (χ3v) is 2.87. The summed E-state index contributed by atoms with van der Waals surface area (Å²) in [6, 6.07) is 2.25. The molecule has 0 aliphatic rings. The van der Waals surface area contributed by atoms with Crippen molar-refractivity contribution in [1.29, 1.82) is 0 Å². The molecule has 1 aromatic carbocycles. The topological polar surface area (TPSA) is 83.2 Å². The van der Waals surface area contributed by atoms with Crippen LogP contribution in [-0.4, -0.2) is 13.0 Å². The van der Waals surface area contributed by atoms with Crippen molar-refractivity contribution in [2.75, 3.05) is 5.73 Å². The summed E-state index contributed by atoms with van der Waals surface area (Å²) in [7, 11) is -4.45. The summed E-state index contributed by atoms with van der Waals surface area (Å²) < 4.78 is 31.8. The minimum Gasteiger partial charge on any atom is -0.744 e. The van der Waals surface area contributed by atoms with E-state index in [9.17, 15) is 13.0 Å². The van der Waals surface area contributed by atoms with Crippen molar-refractivity contribution in [2.24, 2.45) is 0 Å². The summed E-state index contributed by atoms with van der Waals surface area (Å²) in [6.45, 7) is 1.58. The fourth-order valence-corrected chi connectivity index (χ4v) is 1.61. The van der Waals surface area contributed by atoms with Crippen LogP contribution in [0.5, 0.6) is 0 Å². The molecular weight excluding hydrogens is 253 g/mol. The minimum atomic E-state index is -4.45. The van der Waals surface area contributed by atoms with Gasteiger partial charge in [0.1, 0.15) is 10.1 Å². The molecular formula is C7H7ClKNO3S. The van der Waals surface area contributed by atoms with Gasteiger partial charge in [-0.15, -0.1) is 0 Å². The van der Waals surface area contributed by atoms with Crippen molar-refractivity contribution in [3.63, 3.8) is 0 Å². The fourth-order valence-electron chi connectivity index (χ4n) is 0.907. The molecule has 72 valence electrons. The fraction of sp³-hybridized carbons (Fsp3) is 0.143. The van der Waals surface area contributed by atoms with Gasteiger partial charge in [0.05, 0.1) is 15.6 Å². The Kier molecular flexibility index (Phi) is 5.59. The molecule has 0 fully saturated rings. The second-order valence-electron chi connectivity index (χ2n) is 2.60. The maximum Gasteiger partial charge on any atom is 1.00 e. The third kappa shape index (κ3) is 3.46. The van der Waals surface area contributed by atoms with Crippen LogP contribution in [0, 0.1) is 6.92 Å². The van der Waals surface area contributed by atoms with Gasteiger partial charge in [-0.1, -0.05) is 11.6 Å². The molecule has 0 heterocycles. The van der Waals surface area contributed by atoms with Crippen LogP contribution < -0.4 is 57.1 Å². The molecule has 0 aliphatic heterocycles. The van der Waals surface area contributed by atoms with Gasteiger partial charge in [0.2, 0.25) is 0 Å². The Bertz CT molecular complexity index is 423. The number of benzene rings is 1. The molecule has 2 N–H and O–H groups in total. The van der Waals surface area contributed by atoms with Gasteiger partial charge in [0.25, 0.3) is 0 Å². The van der Waals surface area contributed by atoms with Crippen molar-refractivity contribution < 1.29 is 64.4 Å². The van der Waals surface area contributed by atoms with Crippen molar-refractivity contribution >= 4 is 27.4 Å². The number of halogens is 1. The Labute approximate surface area is 130 Å². The quantitative estimate of drug-likeness (QED) is 0.364. The molecule has 0 saturated heterocycles. The van der Waals surface area contributed by atoms with Crippen LogP contribution in [0.1, 0.15) is 5.56 Å². The smallest absolute Gasteiger partial charge is 0.744 e. The van der Waals surface area contributed by atoms with Crippen molar-refractivity contribution in [3.8, 4) is 0 Å². The van der Waals surface area contributed by atoms with Crippen LogP contribution in [0.25, 0.3) is 0 Å². The molecule has 0 aromatic heterocycles. The maximum absolute atomic E-state index is 10.6. The Hall–Kier alpha value is 0.856. The van der Waals surface area contributed by atoms with Gasteiger partial charge in [0, 0.05) is 0 Å².